The molecule has 0 aromatic rings. The highest BCUT2D eigenvalue weighted by atomic mass is 16.6. The Morgan fingerprint density at radius 2 is 1.88 bits per heavy atom. The van der Waals surface area contributed by atoms with Gasteiger partial charge in [-0.25, -0.2) is 4.79 Å². The average Bonchev–Trinajstić information content (AvgIpc) is 2.15. The molecular formula is C12H21NO3. The van der Waals surface area contributed by atoms with E-state index < -0.39 is 5.60 Å². The highest BCUT2D eigenvalue weighted by molar-refractivity contribution is 5.68. The Hall–Kier alpha value is -1.19. The van der Waals surface area contributed by atoms with Gasteiger partial charge in [0.1, 0.15) is 5.60 Å². The molecule has 1 aliphatic heterocycles. The maximum absolute atomic E-state index is 11.7. The topological polar surface area (TPSA) is 49.8 Å². The monoisotopic (exact) mass is 227 g/mol. The summed E-state index contributed by atoms with van der Waals surface area (Å²) in [5, 5.41) is 9.26. The number of amides is 1. The van der Waals surface area contributed by atoms with E-state index in [2.05, 4.69) is 6.58 Å². The van der Waals surface area contributed by atoms with Crippen molar-refractivity contribution >= 4 is 6.09 Å². The van der Waals surface area contributed by atoms with Gasteiger partial charge in [0.25, 0.3) is 0 Å². The summed E-state index contributed by atoms with van der Waals surface area (Å²) in [5.41, 5.74) is -0.450. The smallest absolute Gasteiger partial charge is 0.410 e. The molecule has 1 N–H and O–H groups in total. The summed E-state index contributed by atoms with van der Waals surface area (Å²) in [6.07, 6.45) is 1.25. The summed E-state index contributed by atoms with van der Waals surface area (Å²) in [6.45, 7) is 10.3. The summed E-state index contributed by atoms with van der Waals surface area (Å²) in [4.78, 5) is 13.4. The molecular weight excluding hydrogens is 206 g/mol. The van der Waals surface area contributed by atoms with Crippen LogP contribution in [0.25, 0.3) is 0 Å². The number of rotatable bonds is 1. The first-order valence-corrected chi connectivity index (χ1v) is 5.65. The van der Waals surface area contributed by atoms with Crippen LogP contribution in [0.1, 0.15) is 33.6 Å². The number of carbonyl (C=O) groups excluding carboxylic acids is 1. The van der Waals surface area contributed by atoms with Crippen LogP contribution in [0.3, 0.4) is 0 Å². The Balaban J connectivity index is 2.42. The van der Waals surface area contributed by atoms with Crippen molar-refractivity contribution in [2.75, 3.05) is 13.1 Å². The molecule has 1 saturated heterocycles. The lowest BCUT2D eigenvalue weighted by Crippen LogP contribution is -2.41. The first kappa shape index (κ1) is 12.9. The van der Waals surface area contributed by atoms with Crippen molar-refractivity contribution in [1.29, 1.82) is 0 Å². The minimum atomic E-state index is -0.450. The Morgan fingerprint density at radius 3 is 2.25 bits per heavy atom. The van der Waals surface area contributed by atoms with Crippen LogP contribution in [-0.2, 0) is 4.74 Å². The lowest BCUT2D eigenvalue weighted by molar-refractivity contribution is 0.0182. The number of ether oxygens (including phenoxy) is 1. The molecule has 1 rings (SSSR count). The Labute approximate surface area is 96.9 Å². The van der Waals surface area contributed by atoms with E-state index in [0.717, 1.165) is 12.8 Å². The quantitative estimate of drug-likeness (QED) is 0.701. The molecule has 0 aromatic carbocycles. The van der Waals surface area contributed by atoms with Crippen LogP contribution in [0.4, 0.5) is 4.79 Å². The van der Waals surface area contributed by atoms with Gasteiger partial charge >= 0.3 is 6.09 Å². The van der Waals surface area contributed by atoms with Crippen LogP contribution < -0.4 is 0 Å². The molecule has 0 aliphatic carbocycles. The molecule has 0 saturated carbocycles. The normalized spacial score (nSPS) is 18.3. The van der Waals surface area contributed by atoms with E-state index in [1.165, 1.54) is 0 Å². The van der Waals surface area contributed by atoms with Gasteiger partial charge in [-0.3, -0.25) is 0 Å². The Morgan fingerprint density at radius 1 is 1.38 bits per heavy atom. The minimum absolute atomic E-state index is 0.124. The van der Waals surface area contributed by atoms with Crippen molar-refractivity contribution in [3.8, 4) is 0 Å². The van der Waals surface area contributed by atoms with Crippen LogP contribution in [0, 0.1) is 5.92 Å². The summed E-state index contributed by atoms with van der Waals surface area (Å²) in [6, 6.07) is 0. The molecule has 0 bridgehead atoms. The van der Waals surface area contributed by atoms with Gasteiger partial charge in [0.15, 0.2) is 0 Å². The van der Waals surface area contributed by atoms with Crippen molar-refractivity contribution in [3.63, 3.8) is 0 Å². The molecule has 1 aliphatic rings. The SMILES string of the molecule is C=C(O)C1CCN(C(=O)OC(C)(C)C)CC1. The zero-order valence-electron chi connectivity index (χ0n) is 10.3. The van der Waals surface area contributed by atoms with E-state index in [-0.39, 0.29) is 17.8 Å². The lowest BCUT2D eigenvalue weighted by atomic mass is 9.96. The van der Waals surface area contributed by atoms with E-state index in [4.69, 9.17) is 4.74 Å². The third kappa shape index (κ3) is 3.76. The first-order valence-electron chi connectivity index (χ1n) is 5.65. The molecule has 0 atom stereocenters. The zero-order chi connectivity index (χ0) is 12.3. The second-order valence-corrected chi connectivity index (χ2v) is 5.23. The van der Waals surface area contributed by atoms with Crippen molar-refractivity contribution in [1.82, 2.24) is 4.90 Å². The average molecular weight is 227 g/mol. The van der Waals surface area contributed by atoms with Gasteiger partial charge < -0.3 is 14.7 Å². The molecule has 4 heteroatoms. The summed E-state index contributed by atoms with van der Waals surface area (Å²) in [7, 11) is 0. The number of piperidine rings is 1. The van der Waals surface area contributed by atoms with Crippen LogP contribution in [-0.4, -0.2) is 34.8 Å². The maximum atomic E-state index is 11.7. The van der Waals surface area contributed by atoms with E-state index in [1.54, 1.807) is 4.90 Å². The molecule has 16 heavy (non-hydrogen) atoms. The predicted octanol–water partition coefficient (Wildman–Crippen LogP) is 2.71. The predicted molar refractivity (Wildman–Crippen MR) is 62.3 cm³/mol. The number of nitrogens with zero attached hydrogens (tertiary/aromatic N) is 1. The minimum Gasteiger partial charge on any atom is -0.513 e. The van der Waals surface area contributed by atoms with Crippen molar-refractivity contribution < 1.29 is 14.6 Å². The summed E-state index contributed by atoms with van der Waals surface area (Å²) in [5.74, 6) is 0.350. The third-order valence-corrected chi connectivity index (χ3v) is 2.62. The van der Waals surface area contributed by atoms with Crippen molar-refractivity contribution in [2.24, 2.45) is 5.92 Å². The number of aliphatic hydroxyl groups excluding tert-OH is 1. The molecule has 0 aromatic heterocycles. The molecule has 1 heterocycles. The first-order chi connectivity index (χ1) is 7.29. The summed E-state index contributed by atoms with van der Waals surface area (Å²) < 4.78 is 5.27. The number of hydrogen-bond acceptors (Lipinski definition) is 3. The van der Waals surface area contributed by atoms with Gasteiger partial charge in [-0.05, 0) is 33.6 Å². The van der Waals surface area contributed by atoms with Crippen LogP contribution >= 0.6 is 0 Å². The molecule has 0 radical (unpaired) electrons. The van der Waals surface area contributed by atoms with Gasteiger partial charge in [0.05, 0.1) is 5.76 Å². The van der Waals surface area contributed by atoms with Crippen molar-refractivity contribution in [3.05, 3.63) is 12.3 Å². The molecule has 92 valence electrons. The zero-order valence-corrected chi connectivity index (χ0v) is 10.3. The van der Waals surface area contributed by atoms with Crippen molar-refractivity contribution in [2.45, 2.75) is 39.2 Å². The molecule has 0 spiro atoms. The van der Waals surface area contributed by atoms with Gasteiger partial charge in [0, 0.05) is 19.0 Å². The van der Waals surface area contributed by atoms with Gasteiger partial charge in [-0.15, -0.1) is 0 Å². The second-order valence-electron chi connectivity index (χ2n) is 5.23. The van der Waals surface area contributed by atoms with Gasteiger partial charge in [-0.1, -0.05) is 6.58 Å². The summed E-state index contributed by atoms with van der Waals surface area (Å²) >= 11 is 0. The van der Waals surface area contributed by atoms with E-state index >= 15 is 0 Å². The largest absolute Gasteiger partial charge is 0.513 e. The standard InChI is InChI=1S/C12H21NO3/c1-9(14)10-5-7-13(8-6-10)11(15)16-12(2,3)4/h10,14H,1,5-8H2,2-4H3. The highest BCUT2D eigenvalue weighted by Gasteiger charge is 2.27. The van der Waals surface area contributed by atoms with Crippen LogP contribution in [0.15, 0.2) is 12.3 Å². The maximum Gasteiger partial charge on any atom is 0.410 e. The van der Waals surface area contributed by atoms with Gasteiger partial charge in [0.2, 0.25) is 0 Å². The van der Waals surface area contributed by atoms with Crippen LogP contribution in [0.2, 0.25) is 0 Å². The molecule has 4 nitrogen and oxygen atoms in total. The fraction of sp³-hybridized carbons (Fsp3) is 0.750. The fourth-order valence-corrected chi connectivity index (χ4v) is 1.72. The van der Waals surface area contributed by atoms with Crippen LogP contribution in [0.5, 0.6) is 0 Å². The number of hydrogen-bond donors (Lipinski definition) is 1. The Kier molecular flexibility index (Phi) is 3.83. The molecule has 1 amide bonds. The highest BCUT2D eigenvalue weighted by Crippen LogP contribution is 2.23. The second kappa shape index (κ2) is 4.76. The number of aliphatic hydroxyl groups is 1. The molecule has 1 fully saturated rings. The molecule has 0 unspecified atom stereocenters. The van der Waals surface area contributed by atoms with E-state index in [1.807, 2.05) is 20.8 Å². The number of likely N-dealkylation sites (tertiary alicyclic amines) is 1. The third-order valence-electron chi connectivity index (χ3n) is 2.62. The Bertz CT molecular complexity index is 272. The van der Waals surface area contributed by atoms with Gasteiger partial charge in [-0.2, -0.15) is 0 Å². The van der Waals surface area contributed by atoms with E-state index in [0.29, 0.717) is 13.1 Å². The lowest BCUT2D eigenvalue weighted by Gasteiger charge is -2.33. The fourth-order valence-electron chi connectivity index (χ4n) is 1.72. The number of allylic oxidation sites excluding steroid dienone is 1. The number of carbonyl (C=O) groups is 1. The van der Waals surface area contributed by atoms with E-state index in [9.17, 15) is 9.90 Å².